The van der Waals surface area contributed by atoms with E-state index in [2.05, 4.69) is 4.98 Å². The smallest absolute Gasteiger partial charge is 0.459 e. The molecule has 3 rings (SSSR count). The Hall–Kier alpha value is -4.23. The summed E-state index contributed by atoms with van der Waals surface area (Å²) in [6.07, 6.45) is -7.95. The molecule has 41 heavy (non-hydrogen) atoms. The van der Waals surface area contributed by atoms with E-state index in [1.807, 2.05) is 0 Å². The molecule has 0 amide bonds. The highest BCUT2D eigenvalue weighted by atomic mass is 19.4. The molecule has 0 atom stereocenters. The van der Waals surface area contributed by atoms with Crippen molar-refractivity contribution in [3.8, 4) is 17.6 Å². The van der Waals surface area contributed by atoms with Gasteiger partial charge in [0.2, 0.25) is 11.4 Å². The summed E-state index contributed by atoms with van der Waals surface area (Å²) in [6, 6.07) is 4.26. The van der Waals surface area contributed by atoms with Gasteiger partial charge in [0.05, 0.1) is 37.8 Å². The average molecular weight is 590 g/mol. The summed E-state index contributed by atoms with van der Waals surface area (Å²) >= 11 is 0. The number of aryl methyl sites for hydroxylation is 1. The van der Waals surface area contributed by atoms with Crippen LogP contribution in [0.2, 0.25) is 0 Å². The van der Waals surface area contributed by atoms with Crippen LogP contribution in [0.5, 0.6) is 11.5 Å². The fraction of sp³-hybridized carbons (Fsp3) is 0.360. The standard InChI is InChI=1S/C25H21F7N4O5/c1-13-5-18(36(39)9-17(13)11-40-4-3-37)10-35-12-34-21(24(28,29)25(30,31)32)20(23(35)38)41-19-7-15(22(26)27)6-16(8-33)14(19)2/h5-7,9,12,22,37H,3-4,10-11H2,1-2H3. The van der Waals surface area contributed by atoms with E-state index in [0.717, 1.165) is 19.2 Å². The van der Waals surface area contributed by atoms with Gasteiger partial charge < -0.3 is 19.8 Å². The summed E-state index contributed by atoms with van der Waals surface area (Å²) in [7, 11) is 0. The van der Waals surface area contributed by atoms with E-state index in [1.165, 1.54) is 6.07 Å². The molecule has 1 aromatic carbocycles. The van der Waals surface area contributed by atoms with Crippen molar-refractivity contribution in [1.82, 2.24) is 9.55 Å². The van der Waals surface area contributed by atoms with E-state index >= 15 is 0 Å². The Kier molecular flexibility index (Phi) is 9.24. The van der Waals surface area contributed by atoms with Crippen molar-refractivity contribution in [2.75, 3.05) is 13.2 Å². The molecule has 2 aromatic heterocycles. The van der Waals surface area contributed by atoms with Crippen LogP contribution in [0.1, 0.15) is 45.6 Å². The number of pyridine rings is 1. The van der Waals surface area contributed by atoms with Crippen LogP contribution in [0.4, 0.5) is 30.7 Å². The van der Waals surface area contributed by atoms with Crippen molar-refractivity contribution in [2.45, 2.75) is 45.5 Å². The summed E-state index contributed by atoms with van der Waals surface area (Å²) in [6.45, 7) is 1.75. The normalized spacial score (nSPS) is 12.0. The largest absolute Gasteiger partial charge is 0.618 e. The van der Waals surface area contributed by atoms with Gasteiger partial charge in [0, 0.05) is 22.8 Å². The molecule has 0 aliphatic carbocycles. The zero-order valence-corrected chi connectivity index (χ0v) is 21.3. The van der Waals surface area contributed by atoms with Gasteiger partial charge in [-0.05, 0) is 31.5 Å². The first-order valence-electron chi connectivity index (χ1n) is 11.6. The van der Waals surface area contributed by atoms with Crippen molar-refractivity contribution in [1.29, 1.82) is 5.26 Å². The van der Waals surface area contributed by atoms with Crippen LogP contribution in [0.3, 0.4) is 0 Å². The minimum Gasteiger partial charge on any atom is -0.618 e. The van der Waals surface area contributed by atoms with Gasteiger partial charge in [-0.1, -0.05) is 0 Å². The number of aliphatic hydroxyl groups excluding tert-OH is 1. The molecular formula is C25H21F7N4O5. The Labute approximate surface area is 227 Å². The summed E-state index contributed by atoms with van der Waals surface area (Å²) in [5.74, 6) is -8.10. The first kappa shape index (κ1) is 31.3. The van der Waals surface area contributed by atoms with Crippen molar-refractivity contribution in [3.63, 3.8) is 0 Å². The molecule has 0 saturated heterocycles. The number of aromatic nitrogens is 3. The van der Waals surface area contributed by atoms with E-state index < -0.39 is 58.9 Å². The molecule has 1 N–H and O–H groups in total. The van der Waals surface area contributed by atoms with E-state index in [-0.39, 0.29) is 31.1 Å². The van der Waals surface area contributed by atoms with Crippen LogP contribution in [-0.4, -0.2) is 34.0 Å². The predicted molar refractivity (Wildman–Crippen MR) is 125 cm³/mol. The van der Waals surface area contributed by atoms with Crippen LogP contribution in [-0.2, 0) is 23.8 Å². The monoisotopic (exact) mass is 590 g/mol. The maximum absolute atomic E-state index is 14.4. The molecule has 0 radical (unpaired) electrons. The molecule has 3 aromatic rings. The molecule has 0 aliphatic rings. The van der Waals surface area contributed by atoms with Gasteiger partial charge >= 0.3 is 12.1 Å². The van der Waals surface area contributed by atoms with Crippen LogP contribution >= 0.6 is 0 Å². The second-order valence-corrected chi connectivity index (χ2v) is 8.71. The minimum atomic E-state index is -6.22. The average Bonchev–Trinajstić information content (AvgIpc) is 2.89. The number of aliphatic hydroxyl groups is 1. The first-order chi connectivity index (χ1) is 19.1. The Morgan fingerprint density at radius 2 is 1.88 bits per heavy atom. The summed E-state index contributed by atoms with van der Waals surface area (Å²) in [5, 5.41) is 30.6. The zero-order chi connectivity index (χ0) is 30.7. The Morgan fingerprint density at radius 1 is 1.20 bits per heavy atom. The molecule has 16 heteroatoms. The third kappa shape index (κ3) is 6.57. The van der Waals surface area contributed by atoms with Gasteiger partial charge in [-0.2, -0.15) is 31.9 Å². The number of hydrogen-bond donors (Lipinski definition) is 1. The van der Waals surface area contributed by atoms with Gasteiger partial charge in [0.15, 0.2) is 11.9 Å². The second kappa shape index (κ2) is 12.1. The van der Waals surface area contributed by atoms with Crippen molar-refractivity contribution < 1.29 is 50.0 Å². The van der Waals surface area contributed by atoms with Gasteiger partial charge in [-0.25, -0.2) is 13.8 Å². The molecule has 0 spiro atoms. The number of halogens is 7. The summed E-state index contributed by atoms with van der Waals surface area (Å²) < 4.78 is 107. The Balaban J connectivity index is 2.17. The molecule has 0 unspecified atom stereocenters. The van der Waals surface area contributed by atoms with Crippen LogP contribution in [0.15, 0.2) is 35.5 Å². The molecule has 2 heterocycles. The predicted octanol–water partition coefficient (Wildman–Crippen LogP) is 4.31. The fourth-order valence-electron chi connectivity index (χ4n) is 3.62. The van der Waals surface area contributed by atoms with Crippen molar-refractivity contribution >= 4 is 0 Å². The lowest BCUT2D eigenvalue weighted by Crippen LogP contribution is -2.39. The van der Waals surface area contributed by atoms with Crippen LogP contribution in [0.25, 0.3) is 0 Å². The number of ether oxygens (including phenoxy) is 2. The number of nitrogens with zero attached hydrogens (tertiary/aromatic N) is 4. The van der Waals surface area contributed by atoms with Gasteiger partial charge in [0.1, 0.15) is 12.3 Å². The minimum absolute atomic E-state index is 0.00560. The maximum atomic E-state index is 14.4. The molecule has 0 bridgehead atoms. The Morgan fingerprint density at radius 3 is 2.46 bits per heavy atom. The fourth-order valence-corrected chi connectivity index (χ4v) is 3.62. The number of nitriles is 1. The first-order valence-corrected chi connectivity index (χ1v) is 11.6. The quantitative estimate of drug-likeness (QED) is 0.162. The Bertz CT molecular complexity index is 1530. The van der Waals surface area contributed by atoms with Crippen molar-refractivity contribution in [3.05, 3.63) is 85.5 Å². The lowest BCUT2D eigenvalue weighted by molar-refractivity contribution is -0.615. The van der Waals surface area contributed by atoms with E-state index in [9.17, 15) is 46.0 Å². The maximum Gasteiger partial charge on any atom is 0.459 e. The van der Waals surface area contributed by atoms with Crippen molar-refractivity contribution in [2.24, 2.45) is 0 Å². The number of hydrogen-bond acceptors (Lipinski definition) is 7. The zero-order valence-electron chi connectivity index (χ0n) is 21.3. The van der Waals surface area contributed by atoms with E-state index in [1.54, 1.807) is 13.0 Å². The van der Waals surface area contributed by atoms with Crippen LogP contribution < -0.4 is 15.0 Å². The third-order valence-electron chi connectivity index (χ3n) is 5.89. The number of rotatable bonds is 10. The summed E-state index contributed by atoms with van der Waals surface area (Å²) in [5.41, 5.74) is -4.43. The van der Waals surface area contributed by atoms with Gasteiger partial charge in [0.25, 0.3) is 12.0 Å². The molecular weight excluding hydrogens is 569 g/mol. The lowest BCUT2D eigenvalue weighted by Gasteiger charge is -2.22. The molecule has 0 aliphatic heterocycles. The molecule has 0 saturated carbocycles. The molecule has 220 valence electrons. The summed E-state index contributed by atoms with van der Waals surface area (Å²) in [4.78, 5) is 16.3. The second-order valence-electron chi connectivity index (χ2n) is 8.71. The van der Waals surface area contributed by atoms with Crippen LogP contribution in [0, 0.1) is 30.4 Å². The SMILES string of the molecule is Cc1cc(Cn2cnc(C(F)(F)C(F)(F)F)c(Oc3cc(C(F)F)cc(C#N)c3C)c2=O)[n+]([O-])cc1COCCO. The van der Waals surface area contributed by atoms with Gasteiger partial charge in [-0.3, -0.25) is 9.36 Å². The number of benzene rings is 1. The molecule has 0 fully saturated rings. The topological polar surface area (TPSA) is 124 Å². The van der Waals surface area contributed by atoms with E-state index in [0.29, 0.717) is 32.8 Å². The third-order valence-corrected chi connectivity index (χ3v) is 5.89. The molecule has 9 nitrogen and oxygen atoms in total. The highest BCUT2D eigenvalue weighted by molar-refractivity contribution is 5.51. The lowest BCUT2D eigenvalue weighted by atomic mass is 10.0. The highest BCUT2D eigenvalue weighted by Crippen LogP contribution is 2.46. The number of alkyl halides is 7. The van der Waals surface area contributed by atoms with E-state index in [4.69, 9.17) is 14.6 Å². The van der Waals surface area contributed by atoms with Gasteiger partial charge in [-0.15, -0.1) is 0 Å². The highest BCUT2D eigenvalue weighted by Gasteiger charge is 2.62.